The highest BCUT2D eigenvalue weighted by Gasteiger charge is 2.33. The fraction of sp³-hybridized carbons (Fsp3) is 0.529. The summed E-state index contributed by atoms with van der Waals surface area (Å²) in [5.41, 5.74) is 0.303. The van der Waals surface area contributed by atoms with E-state index < -0.39 is 10.0 Å². The van der Waals surface area contributed by atoms with Crippen LogP contribution in [-0.4, -0.2) is 52.6 Å². The monoisotopic (exact) mass is 388 g/mol. The zero-order valence-electron chi connectivity index (χ0n) is 14.9. The predicted molar refractivity (Wildman–Crippen MR) is 99.8 cm³/mol. The molecule has 3 heterocycles. The van der Waals surface area contributed by atoms with Gasteiger partial charge < -0.3 is 5.32 Å². The van der Waals surface area contributed by atoms with Crippen molar-refractivity contribution in [3.63, 3.8) is 0 Å². The van der Waals surface area contributed by atoms with Gasteiger partial charge in [-0.3, -0.25) is 9.36 Å². The number of fused-ring (bicyclic) bond motifs is 1. The van der Waals surface area contributed by atoms with Crippen molar-refractivity contribution >= 4 is 27.0 Å². The molecule has 0 aromatic carbocycles. The minimum absolute atomic E-state index is 0.0421. The summed E-state index contributed by atoms with van der Waals surface area (Å²) in [6.07, 6.45) is 6.67. The van der Waals surface area contributed by atoms with Crippen LogP contribution in [0.3, 0.4) is 0 Å². The molecule has 142 valence electrons. The Morgan fingerprint density at radius 3 is 2.63 bits per heavy atom. The van der Waals surface area contributed by atoms with E-state index in [1.54, 1.807) is 10.8 Å². The Labute approximate surface area is 156 Å². The number of nitrogens with zero attached hydrogens (tertiary/aromatic N) is 5. The van der Waals surface area contributed by atoms with Gasteiger partial charge in [-0.05, 0) is 18.9 Å². The first-order chi connectivity index (χ1) is 12.9. The number of hydrogen-bond donors (Lipinski definition) is 1. The van der Waals surface area contributed by atoms with Crippen LogP contribution < -0.4 is 10.9 Å². The Morgan fingerprint density at radius 2 is 2.00 bits per heavy atom. The topological polar surface area (TPSA) is 121 Å². The van der Waals surface area contributed by atoms with Crippen molar-refractivity contribution in [1.29, 1.82) is 5.26 Å². The Kier molecular flexibility index (Phi) is 4.36. The van der Waals surface area contributed by atoms with Crippen molar-refractivity contribution in [2.45, 2.75) is 37.8 Å². The molecule has 0 bridgehead atoms. The number of anilines is 1. The maximum atomic E-state index is 12.7. The maximum absolute atomic E-state index is 12.7. The van der Waals surface area contributed by atoms with Crippen LogP contribution in [0.2, 0.25) is 0 Å². The summed E-state index contributed by atoms with van der Waals surface area (Å²) in [4.78, 5) is 21.5. The predicted octanol–water partition coefficient (Wildman–Crippen LogP) is 0.834. The van der Waals surface area contributed by atoms with E-state index >= 15 is 0 Å². The summed E-state index contributed by atoms with van der Waals surface area (Å²) >= 11 is 0. The normalized spacial score (nSPS) is 19.1. The molecule has 1 aliphatic heterocycles. The molecule has 2 aromatic rings. The van der Waals surface area contributed by atoms with Gasteiger partial charge in [0.25, 0.3) is 5.56 Å². The van der Waals surface area contributed by atoms with Gasteiger partial charge in [0.05, 0.1) is 12.3 Å². The second-order valence-electron chi connectivity index (χ2n) is 7.18. The van der Waals surface area contributed by atoms with Gasteiger partial charge in [0.1, 0.15) is 17.3 Å². The molecule has 2 fully saturated rings. The third kappa shape index (κ3) is 3.28. The number of aromatic nitrogens is 3. The van der Waals surface area contributed by atoms with Crippen molar-refractivity contribution in [2.75, 3.05) is 24.7 Å². The number of nitrogens with one attached hydrogen (secondary N) is 1. The van der Waals surface area contributed by atoms with Crippen LogP contribution >= 0.6 is 0 Å². The van der Waals surface area contributed by atoms with Crippen LogP contribution in [0.5, 0.6) is 0 Å². The highest BCUT2D eigenvalue weighted by atomic mass is 32.2. The molecule has 2 aliphatic rings. The molecule has 1 saturated carbocycles. The van der Waals surface area contributed by atoms with E-state index in [4.69, 9.17) is 0 Å². The lowest BCUT2D eigenvalue weighted by atomic mass is 10.2. The lowest BCUT2D eigenvalue weighted by Crippen LogP contribution is -2.56. The maximum Gasteiger partial charge on any atom is 0.270 e. The van der Waals surface area contributed by atoms with Gasteiger partial charge in [0.15, 0.2) is 0 Å². The van der Waals surface area contributed by atoms with E-state index in [-0.39, 0.29) is 23.2 Å². The van der Waals surface area contributed by atoms with Gasteiger partial charge in [-0.2, -0.15) is 14.6 Å². The SMILES string of the molecule is CS(=O)(=O)N1CC(Nc2ncc3cc(C#N)c(=O)n(C4CCCC4)c3n2)C1. The molecular weight excluding hydrogens is 368 g/mol. The number of nitriles is 1. The summed E-state index contributed by atoms with van der Waals surface area (Å²) in [6.45, 7) is 0.728. The highest BCUT2D eigenvalue weighted by molar-refractivity contribution is 7.88. The Bertz CT molecular complexity index is 1090. The van der Waals surface area contributed by atoms with Crippen LogP contribution in [0.1, 0.15) is 37.3 Å². The molecule has 1 saturated heterocycles. The molecule has 1 N–H and O–H groups in total. The van der Waals surface area contributed by atoms with Gasteiger partial charge in [-0.1, -0.05) is 12.8 Å². The molecule has 2 aromatic heterocycles. The fourth-order valence-electron chi connectivity index (χ4n) is 3.75. The number of rotatable bonds is 4. The van der Waals surface area contributed by atoms with Crippen LogP contribution in [0.25, 0.3) is 11.0 Å². The molecule has 1 aliphatic carbocycles. The molecule has 0 radical (unpaired) electrons. The lowest BCUT2D eigenvalue weighted by molar-refractivity contribution is 0.282. The Balaban J connectivity index is 1.68. The van der Waals surface area contributed by atoms with E-state index in [9.17, 15) is 18.5 Å². The molecule has 0 unspecified atom stereocenters. The molecule has 27 heavy (non-hydrogen) atoms. The fourth-order valence-corrected chi connectivity index (χ4v) is 4.66. The first-order valence-electron chi connectivity index (χ1n) is 8.91. The first kappa shape index (κ1) is 17.9. The third-order valence-corrected chi connectivity index (χ3v) is 6.47. The van der Waals surface area contributed by atoms with Crippen LogP contribution in [0.15, 0.2) is 17.1 Å². The van der Waals surface area contributed by atoms with E-state index in [0.717, 1.165) is 25.7 Å². The van der Waals surface area contributed by atoms with Crippen molar-refractivity contribution in [3.8, 4) is 6.07 Å². The Morgan fingerprint density at radius 1 is 1.30 bits per heavy atom. The van der Waals surface area contributed by atoms with E-state index in [0.29, 0.717) is 30.1 Å². The largest absolute Gasteiger partial charge is 0.349 e. The lowest BCUT2D eigenvalue weighted by Gasteiger charge is -2.37. The average Bonchev–Trinajstić information content (AvgIpc) is 3.10. The minimum Gasteiger partial charge on any atom is -0.349 e. The van der Waals surface area contributed by atoms with Crippen LogP contribution in [0.4, 0.5) is 5.95 Å². The van der Waals surface area contributed by atoms with E-state index in [2.05, 4.69) is 15.3 Å². The smallest absolute Gasteiger partial charge is 0.270 e. The standard InChI is InChI=1S/C17H20N6O3S/c1-27(25,26)22-9-13(10-22)20-17-19-8-12-6-11(7-18)16(24)23(15(12)21-17)14-4-2-3-5-14/h6,8,13-14H,2-5,9-10H2,1H3,(H,19,20,21). The number of hydrogen-bond acceptors (Lipinski definition) is 7. The summed E-state index contributed by atoms with van der Waals surface area (Å²) in [6, 6.07) is 3.47. The van der Waals surface area contributed by atoms with Gasteiger partial charge >= 0.3 is 0 Å². The van der Waals surface area contributed by atoms with Crippen LogP contribution in [-0.2, 0) is 10.0 Å². The molecule has 0 spiro atoms. The molecule has 0 amide bonds. The highest BCUT2D eigenvalue weighted by Crippen LogP contribution is 2.30. The molecule has 9 nitrogen and oxygen atoms in total. The van der Waals surface area contributed by atoms with Crippen LogP contribution in [0, 0.1) is 11.3 Å². The van der Waals surface area contributed by atoms with Gasteiger partial charge in [0.2, 0.25) is 16.0 Å². The summed E-state index contributed by atoms with van der Waals surface area (Å²) in [5, 5.41) is 13.1. The van der Waals surface area contributed by atoms with Gasteiger partial charge in [0, 0.05) is 30.7 Å². The Hall–Kier alpha value is -2.51. The molecule has 4 rings (SSSR count). The quantitative estimate of drug-likeness (QED) is 0.823. The molecule has 0 atom stereocenters. The minimum atomic E-state index is -3.18. The number of pyridine rings is 1. The summed E-state index contributed by atoms with van der Waals surface area (Å²) in [5.74, 6) is 0.358. The third-order valence-electron chi connectivity index (χ3n) is 5.23. The zero-order chi connectivity index (χ0) is 19.2. The van der Waals surface area contributed by atoms with E-state index in [1.807, 2.05) is 6.07 Å². The second-order valence-corrected chi connectivity index (χ2v) is 9.16. The number of sulfonamides is 1. The van der Waals surface area contributed by atoms with Gasteiger partial charge in [-0.25, -0.2) is 13.4 Å². The van der Waals surface area contributed by atoms with Gasteiger partial charge in [-0.15, -0.1) is 0 Å². The van der Waals surface area contributed by atoms with E-state index in [1.165, 1.54) is 16.6 Å². The molecule has 10 heteroatoms. The summed E-state index contributed by atoms with van der Waals surface area (Å²) < 4.78 is 26.0. The van der Waals surface area contributed by atoms with Crippen molar-refractivity contribution in [1.82, 2.24) is 18.8 Å². The first-order valence-corrected chi connectivity index (χ1v) is 10.8. The second kappa shape index (κ2) is 6.58. The van der Waals surface area contributed by atoms with Crippen molar-refractivity contribution < 1.29 is 8.42 Å². The zero-order valence-corrected chi connectivity index (χ0v) is 15.7. The summed E-state index contributed by atoms with van der Waals surface area (Å²) in [7, 11) is -3.18. The van der Waals surface area contributed by atoms with Crippen molar-refractivity contribution in [3.05, 3.63) is 28.2 Å². The molecular formula is C17H20N6O3S. The van der Waals surface area contributed by atoms with Crippen molar-refractivity contribution in [2.24, 2.45) is 0 Å². The average molecular weight is 388 g/mol.